The van der Waals surface area contributed by atoms with Crippen molar-refractivity contribution in [3.05, 3.63) is 107 Å². The highest BCUT2D eigenvalue weighted by Gasteiger charge is 2.34. The predicted molar refractivity (Wildman–Crippen MR) is 140 cm³/mol. The summed E-state index contributed by atoms with van der Waals surface area (Å²) in [6.07, 6.45) is 0. The number of hydrogen-bond donors (Lipinski definition) is 1. The number of thiocarbonyl (C=S) groups is 1. The summed E-state index contributed by atoms with van der Waals surface area (Å²) in [6.45, 7) is 8.26. The maximum absolute atomic E-state index is 5.86. The monoisotopic (exact) mass is 466 g/mol. The molecular formula is C28H26N4OS. The normalized spacial score (nSPS) is 16.1. The van der Waals surface area contributed by atoms with Crippen LogP contribution in [-0.2, 0) is 0 Å². The molecule has 5 rings (SSSR count). The molecule has 1 aromatic heterocycles. The number of nitrogens with zero attached hydrogens (tertiary/aromatic N) is 3. The van der Waals surface area contributed by atoms with Crippen LogP contribution in [0, 0.1) is 20.8 Å². The fraction of sp³-hybridized carbons (Fsp3) is 0.179. The third-order valence-electron chi connectivity index (χ3n) is 6.09. The minimum atomic E-state index is -0.208. The zero-order valence-corrected chi connectivity index (χ0v) is 20.5. The molecule has 0 bridgehead atoms. The first-order valence-electron chi connectivity index (χ1n) is 11.3. The van der Waals surface area contributed by atoms with E-state index in [0.717, 1.165) is 39.2 Å². The number of anilines is 1. The highest BCUT2D eigenvalue weighted by Crippen LogP contribution is 2.39. The molecule has 34 heavy (non-hydrogen) atoms. The van der Waals surface area contributed by atoms with E-state index in [-0.39, 0.29) is 6.04 Å². The first-order chi connectivity index (χ1) is 16.4. The van der Waals surface area contributed by atoms with E-state index in [1.54, 1.807) is 0 Å². The molecule has 0 saturated heterocycles. The molecule has 6 heteroatoms. The lowest BCUT2D eigenvalue weighted by molar-refractivity contribution is 0.404. The van der Waals surface area contributed by atoms with Crippen LogP contribution < -0.4 is 10.2 Å². The van der Waals surface area contributed by atoms with E-state index < -0.39 is 0 Å². The fourth-order valence-electron chi connectivity index (χ4n) is 4.34. The SMILES string of the molecule is CC1=C(c2nc(-c3cccc(C)c3)no2)C(c2ccc(C)cc2)NC(=S)N1c1cccc(C)c1. The van der Waals surface area contributed by atoms with Crippen molar-refractivity contribution in [3.8, 4) is 11.4 Å². The van der Waals surface area contributed by atoms with Gasteiger partial charge < -0.3 is 9.84 Å². The van der Waals surface area contributed by atoms with Crippen molar-refractivity contribution in [3.63, 3.8) is 0 Å². The van der Waals surface area contributed by atoms with Gasteiger partial charge in [0, 0.05) is 16.9 Å². The highest BCUT2D eigenvalue weighted by atomic mass is 32.1. The molecule has 0 aliphatic carbocycles. The number of allylic oxidation sites excluding steroid dienone is 1. The van der Waals surface area contributed by atoms with Crippen molar-refractivity contribution in [2.45, 2.75) is 33.7 Å². The number of hydrogen-bond acceptors (Lipinski definition) is 4. The number of aromatic nitrogens is 2. The summed E-state index contributed by atoms with van der Waals surface area (Å²) in [5.41, 5.74) is 8.38. The van der Waals surface area contributed by atoms with E-state index in [2.05, 4.69) is 92.8 Å². The predicted octanol–water partition coefficient (Wildman–Crippen LogP) is 6.53. The molecule has 1 unspecified atom stereocenters. The molecule has 1 atom stereocenters. The third-order valence-corrected chi connectivity index (χ3v) is 6.39. The fourth-order valence-corrected chi connectivity index (χ4v) is 4.70. The van der Waals surface area contributed by atoms with Crippen LogP contribution in [0.4, 0.5) is 5.69 Å². The molecule has 170 valence electrons. The zero-order valence-electron chi connectivity index (χ0n) is 19.7. The van der Waals surface area contributed by atoms with Crippen LogP contribution in [0.3, 0.4) is 0 Å². The largest absolute Gasteiger partial charge is 0.351 e. The van der Waals surface area contributed by atoms with E-state index in [1.807, 2.05) is 23.1 Å². The second-order valence-electron chi connectivity index (χ2n) is 8.76. The average molecular weight is 467 g/mol. The second kappa shape index (κ2) is 8.88. The minimum Gasteiger partial charge on any atom is -0.351 e. The summed E-state index contributed by atoms with van der Waals surface area (Å²) in [4.78, 5) is 6.85. The summed E-state index contributed by atoms with van der Waals surface area (Å²) in [6, 6.07) is 24.6. The van der Waals surface area contributed by atoms with Gasteiger partial charge in [-0.2, -0.15) is 4.98 Å². The van der Waals surface area contributed by atoms with Crippen LogP contribution in [0.2, 0.25) is 0 Å². The Bertz CT molecular complexity index is 1400. The van der Waals surface area contributed by atoms with Crippen molar-refractivity contribution >= 4 is 28.6 Å². The molecule has 3 aromatic carbocycles. The summed E-state index contributed by atoms with van der Waals surface area (Å²) in [7, 11) is 0. The molecule has 1 aliphatic rings. The standard InChI is InChI=1S/C28H26N4OS/c1-17-11-13-21(14-12-17)25-24(27-30-26(31-33-27)22-9-5-7-18(2)15-22)20(4)32(28(34)29-25)23-10-6-8-19(3)16-23/h5-16,25H,1-4H3,(H,29,34). The van der Waals surface area contributed by atoms with Gasteiger partial charge in [-0.15, -0.1) is 0 Å². The number of aryl methyl sites for hydroxylation is 3. The Kier molecular flexibility index (Phi) is 5.75. The minimum absolute atomic E-state index is 0.208. The Balaban J connectivity index is 1.66. The maximum Gasteiger partial charge on any atom is 0.258 e. The highest BCUT2D eigenvalue weighted by molar-refractivity contribution is 7.80. The lowest BCUT2D eigenvalue weighted by atomic mass is 9.94. The zero-order chi connectivity index (χ0) is 23.8. The Hall–Kier alpha value is -3.77. The van der Waals surface area contributed by atoms with Crippen LogP contribution in [0.1, 0.15) is 41.1 Å². The van der Waals surface area contributed by atoms with Gasteiger partial charge in [-0.1, -0.05) is 70.9 Å². The lowest BCUT2D eigenvalue weighted by Crippen LogP contribution is -2.46. The van der Waals surface area contributed by atoms with Crippen molar-refractivity contribution in [1.29, 1.82) is 0 Å². The summed E-state index contributed by atoms with van der Waals surface area (Å²) in [5, 5.41) is 8.47. The Labute approximate surface area is 205 Å². The van der Waals surface area contributed by atoms with Crippen LogP contribution in [0.25, 0.3) is 17.0 Å². The van der Waals surface area contributed by atoms with Gasteiger partial charge in [-0.25, -0.2) is 0 Å². The van der Waals surface area contributed by atoms with Gasteiger partial charge in [0.1, 0.15) is 0 Å². The first kappa shape index (κ1) is 22.0. The van der Waals surface area contributed by atoms with Crippen LogP contribution in [-0.4, -0.2) is 15.3 Å². The molecule has 5 nitrogen and oxygen atoms in total. The molecule has 2 heterocycles. The Morgan fingerprint density at radius 3 is 2.26 bits per heavy atom. The van der Waals surface area contributed by atoms with E-state index in [1.165, 1.54) is 5.56 Å². The third kappa shape index (κ3) is 4.13. The summed E-state index contributed by atoms with van der Waals surface area (Å²) < 4.78 is 5.86. The Morgan fingerprint density at radius 1 is 0.853 bits per heavy atom. The van der Waals surface area contributed by atoms with Crippen LogP contribution in [0.15, 0.2) is 83.0 Å². The van der Waals surface area contributed by atoms with Crippen molar-refractivity contribution in [1.82, 2.24) is 15.5 Å². The quantitative estimate of drug-likeness (QED) is 0.345. The average Bonchev–Trinajstić information content (AvgIpc) is 3.29. The van der Waals surface area contributed by atoms with Gasteiger partial charge in [-0.3, -0.25) is 4.90 Å². The van der Waals surface area contributed by atoms with Gasteiger partial charge in [0.15, 0.2) is 5.11 Å². The maximum atomic E-state index is 5.86. The van der Waals surface area contributed by atoms with Crippen molar-refractivity contribution in [2.75, 3.05) is 4.90 Å². The number of benzene rings is 3. The van der Waals surface area contributed by atoms with Gasteiger partial charge in [0.25, 0.3) is 5.89 Å². The topological polar surface area (TPSA) is 54.2 Å². The number of nitrogens with one attached hydrogen (secondary N) is 1. The van der Waals surface area contributed by atoms with Crippen molar-refractivity contribution in [2.24, 2.45) is 0 Å². The molecule has 0 radical (unpaired) electrons. The second-order valence-corrected chi connectivity index (χ2v) is 9.15. The molecule has 1 aliphatic heterocycles. The molecule has 0 spiro atoms. The Morgan fingerprint density at radius 2 is 1.56 bits per heavy atom. The van der Waals surface area contributed by atoms with Crippen LogP contribution >= 0.6 is 12.2 Å². The van der Waals surface area contributed by atoms with Gasteiger partial charge in [0.05, 0.1) is 11.6 Å². The summed E-state index contributed by atoms with van der Waals surface area (Å²) >= 11 is 5.85. The lowest BCUT2D eigenvalue weighted by Gasteiger charge is -2.37. The molecule has 4 aromatic rings. The molecular weight excluding hydrogens is 440 g/mol. The summed E-state index contributed by atoms with van der Waals surface area (Å²) in [5.74, 6) is 1.05. The number of rotatable bonds is 4. The molecule has 0 amide bonds. The van der Waals surface area contributed by atoms with Gasteiger partial charge >= 0.3 is 0 Å². The van der Waals surface area contributed by atoms with E-state index in [9.17, 15) is 0 Å². The smallest absolute Gasteiger partial charge is 0.258 e. The van der Waals surface area contributed by atoms with E-state index in [4.69, 9.17) is 21.7 Å². The molecule has 0 saturated carbocycles. The van der Waals surface area contributed by atoms with E-state index >= 15 is 0 Å². The molecule has 1 N–H and O–H groups in total. The first-order valence-corrected chi connectivity index (χ1v) is 11.7. The van der Waals surface area contributed by atoms with E-state index in [0.29, 0.717) is 16.8 Å². The molecule has 0 fully saturated rings. The van der Waals surface area contributed by atoms with Gasteiger partial charge in [0.2, 0.25) is 5.82 Å². The van der Waals surface area contributed by atoms with Crippen molar-refractivity contribution < 1.29 is 4.52 Å². The van der Waals surface area contributed by atoms with Gasteiger partial charge in [-0.05, 0) is 69.2 Å². The van der Waals surface area contributed by atoms with Crippen LogP contribution in [0.5, 0.6) is 0 Å².